The van der Waals surface area contributed by atoms with E-state index in [-0.39, 0.29) is 13.0 Å². The average molecular weight is 1110 g/mol. The number of rotatable bonds is 55. The van der Waals surface area contributed by atoms with Crippen molar-refractivity contribution in [3.05, 3.63) is 72.9 Å². The minimum absolute atomic E-state index is 0.115. The van der Waals surface area contributed by atoms with Crippen LogP contribution >= 0.6 is 0 Å². The van der Waals surface area contributed by atoms with Crippen LogP contribution in [-0.2, 0) is 23.8 Å². The zero-order chi connectivity index (χ0) is 57.5. The van der Waals surface area contributed by atoms with Crippen molar-refractivity contribution in [1.82, 2.24) is 5.32 Å². The van der Waals surface area contributed by atoms with Crippen molar-refractivity contribution in [2.45, 2.75) is 333 Å². The molecular formula is C68H121NO10. The van der Waals surface area contributed by atoms with E-state index in [1.54, 1.807) is 6.08 Å². The van der Waals surface area contributed by atoms with Crippen molar-refractivity contribution in [2.24, 2.45) is 0 Å². The van der Waals surface area contributed by atoms with Gasteiger partial charge in [-0.05, 0) is 70.6 Å². The lowest BCUT2D eigenvalue weighted by Crippen LogP contribution is -2.61. The number of carbonyl (C=O) groups excluding carboxylic acids is 2. The summed E-state index contributed by atoms with van der Waals surface area (Å²) in [5, 5.41) is 57.0. The summed E-state index contributed by atoms with van der Waals surface area (Å²) in [5.74, 6) is -1.20. The first-order chi connectivity index (χ1) is 38.7. The molecule has 6 N–H and O–H groups in total. The van der Waals surface area contributed by atoms with E-state index in [0.29, 0.717) is 19.3 Å². The lowest BCUT2D eigenvalue weighted by molar-refractivity contribution is -0.305. The van der Waals surface area contributed by atoms with Gasteiger partial charge in [0.2, 0.25) is 5.91 Å². The molecule has 1 amide bonds. The zero-order valence-electron chi connectivity index (χ0n) is 50.7. The highest BCUT2D eigenvalue weighted by atomic mass is 16.7. The monoisotopic (exact) mass is 1110 g/mol. The van der Waals surface area contributed by atoms with Crippen LogP contribution < -0.4 is 5.32 Å². The Morgan fingerprint density at radius 1 is 0.506 bits per heavy atom. The fourth-order valence-corrected chi connectivity index (χ4v) is 9.97. The van der Waals surface area contributed by atoms with Crippen LogP contribution in [0, 0.1) is 0 Å². The number of esters is 1. The van der Waals surface area contributed by atoms with Crippen LogP contribution in [0.15, 0.2) is 72.9 Å². The maximum atomic E-state index is 13.4. The Hall–Kier alpha value is -2.90. The maximum Gasteiger partial charge on any atom is 0.306 e. The summed E-state index contributed by atoms with van der Waals surface area (Å²) >= 11 is 0. The highest BCUT2D eigenvalue weighted by molar-refractivity contribution is 5.80. The average Bonchev–Trinajstić information content (AvgIpc) is 3.48. The maximum absolute atomic E-state index is 13.4. The molecule has 79 heavy (non-hydrogen) atoms. The molecule has 0 aromatic carbocycles. The molecule has 0 bridgehead atoms. The number of amides is 1. The van der Waals surface area contributed by atoms with Crippen molar-refractivity contribution in [3.8, 4) is 0 Å². The summed E-state index contributed by atoms with van der Waals surface area (Å²) in [7, 11) is 0. The largest absolute Gasteiger partial charge is 0.454 e. The summed E-state index contributed by atoms with van der Waals surface area (Å²) < 4.78 is 17.6. The predicted molar refractivity (Wildman–Crippen MR) is 329 cm³/mol. The molecule has 0 radical (unpaired) electrons. The molecule has 1 aliphatic rings. The van der Waals surface area contributed by atoms with Crippen LogP contribution in [0.4, 0.5) is 0 Å². The highest BCUT2D eigenvalue weighted by Crippen LogP contribution is 2.26. The van der Waals surface area contributed by atoms with Gasteiger partial charge in [0, 0.05) is 6.42 Å². The first-order valence-electron chi connectivity index (χ1n) is 32.7. The third-order valence-electron chi connectivity index (χ3n) is 15.1. The van der Waals surface area contributed by atoms with Crippen LogP contribution in [0.2, 0.25) is 0 Å². The molecule has 0 spiro atoms. The molecule has 11 nitrogen and oxygen atoms in total. The van der Waals surface area contributed by atoms with Gasteiger partial charge in [0.15, 0.2) is 12.4 Å². The third kappa shape index (κ3) is 43.5. The van der Waals surface area contributed by atoms with E-state index in [1.165, 1.54) is 135 Å². The van der Waals surface area contributed by atoms with Crippen molar-refractivity contribution < 1.29 is 49.3 Å². The van der Waals surface area contributed by atoms with Crippen LogP contribution in [-0.4, -0.2) is 99.6 Å². The van der Waals surface area contributed by atoms with Crippen molar-refractivity contribution in [2.75, 3.05) is 13.2 Å². The Morgan fingerprint density at radius 3 is 1.37 bits per heavy atom. The minimum Gasteiger partial charge on any atom is -0.454 e. The molecule has 0 saturated carbocycles. The van der Waals surface area contributed by atoms with E-state index in [4.69, 9.17) is 14.2 Å². The van der Waals surface area contributed by atoms with Gasteiger partial charge in [-0.1, -0.05) is 280 Å². The van der Waals surface area contributed by atoms with Gasteiger partial charge in [0.1, 0.15) is 24.4 Å². The van der Waals surface area contributed by atoms with Gasteiger partial charge in [0.25, 0.3) is 0 Å². The van der Waals surface area contributed by atoms with Crippen LogP contribution in [0.5, 0.6) is 0 Å². The molecule has 1 rings (SSSR count). The number of allylic oxidation sites excluding steroid dienone is 11. The van der Waals surface area contributed by atoms with Crippen LogP contribution in [0.1, 0.15) is 284 Å². The minimum atomic E-state index is -1.62. The molecule has 458 valence electrons. The Labute approximate surface area is 483 Å². The fourth-order valence-electron chi connectivity index (χ4n) is 9.97. The molecule has 0 aliphatic carbocycles. The second-order valence-corrected chi connectivity index (χ2v) is 22.5. The van der Waals surface area contributed by atoms with Crippen LogP contribution in [0.3, 0.4) is 0 Å². The third-order valence-corrected chi connectivity index (χ3v) is 15.1. The van der Waals surface area contributed by atoms with Gasteiger partial charge in [-0.2, -0.15) is 0 Å². The normalized spacial score (nSPS) is 19.3. The topological polar surface area (TPSA) is 175 Å². The SMILES string of the molecule is CC/C=C\C/C=C\C/C=C\C/C=C\C/C=C\CCCCCCCCCCCC(=O)OC1C(OCC(NC(=O)C(O)CCCCCCCCCCCCCC)C(O)/C=C/CCCCCCCCCCCCC)OC(CO)C(O)C1O. The van der Waals surface area contributed by atoms with Gasteiger partial charge in [-0.25, -0.2) is 0 Å². The van der Waals surface area contributed by atoms with E-state index in [1.807, 2.05) is 6.08 Å². The number of hydrogen-bond donors (Lipinski definition) is 6. The van der Waals surface area contributed by atoms with Crippen LogP contribution in [0.25, 0.3) is 0 Å². The molecule has 8 unspecified atom stereocenters. The Morgan fingerprint density at radius 2 is 0.911 bits per heavy atom. The Bertz CT molecular complexity index is 1560. The zero-order valence-corrected chi connectivity index (χ0v) is 50.7. The second-order valence-electron chi connectivity index (χ2n) is 22.5. The van der Waals surface area contributed by atoms with Gasteiger partial charge < -0.3 is 45.1 Å². The van der Waals surface area contributed by atoms with Crippen molar-refractivity contribution >= 4 is 11.9 Å². The molecule has 1 aliphatic heterocycles. The Kier molecular flexibility index (Phi) is 52.2. The van der Waals surface area contributed by atoms with E-state index in [2.05, 4.69) is 86.8 Å². The molecular weight excluding hydrogens is 991 g/mol. The lowest BCUT2D eigenvalue weighted by atomic mass is 9.99. The lowest BCUT2D eigenvalue weighted by Gasteiger charge is -2.41. The summed E-state index contributed by atoms with van der Waals surface area (Å²) in [4.78, 5) is 26.6. The van der Waals surface area contributed by atoms with Gasteiger partial charge >= 0.3 is 5.97 Å². The molecule has 0 aromatic rings. The first kappa shape index (κ1) is 74.1. The molecule has 1 heterocycles. The quantitative estimate of drug-likeness (QED) is 0.0195. The highest BCUT2D eigenvalue weighted by Gasteiger charge is 2.47. The molecule has 11 heteroatoms. The number of carbonyl (C=O) groups is 2. The molecule has 0 aromatic heterocycles. The van der Waals surface area contributed by atoms with Crippen molar-refractivity contribution in [1.29, 1.82) is 0 Å². The number of unbranched alkanes of at least 4 members (excludes halogenated alkanes) is 31. The number of aliphatic hydroxyl groups excluding tert-OH is 5. The second kappa shape index (κ2) is 55.6. The summed E-state index contributed by atoms with van der Waals surface area (Å²) in [6.45, 7) is 5.68. The fraction of sp³-hybridized carbons (Fsp3) is 0.794. The standard InChI is InChI=1S/C68H121NO10/c1-4-7-10-13-16-19-22-25-26-27-28-29-30-31-32-33-34-35-36-38-41-44-47-50-53-56-63(73)79-66-65(75)64(74)62(57-70)78-68(66)77-58-59(60(71)54-51-48-45-42-40-37-23-20-17-14-11-8-5-2)69-67(76)61(72)55-52-49-46-43-39-24-21-18-15-12-9-6-3/h7,10,16,19,25-26,28-29,31-32,51,54,59-62,64-66,68,70-72,74-75H,4-6,8-9,11-15,17-18,20-24,27,30,33-50,52-53,55-58H2,1-3H3,(H,69,76)/b10-7-,19-16-,26-25-,29-28-,32-31-,54-51+. The predicted octanol–water partition coefficient (Wildman–Crippen LogP) is 16.0. The molecule has 1 saturated heterocycles. The summed E-state index contributed by atoms with van der Waals surface area (Å²) in [5.41, 5.74) is 0. The summed E-state index contributed by atoms with van der Waals surface area (Å²) in [6, 6.07) is -1.02. The van der Waals surface area contributed by atoms with E-state index in [0.717, 1.165) is 103 Å². The number of hydrogen-bond acceptors (Lipinski definition) is 10. The van der Waals surface area contributed by atoms with Gasteiger partial charge in [0.05, 0.1) is 25.4 Å². The van der Waals surface area contributed by atoms with E-state index >= 15 is 0 Å². The Balaban J connectivity index is 2.60. The van der Waals surface area contributed by atoms with E-state index < -0.39 is 67.4 Å². The number of aliphatic hydroxyl groups is 5. The molecule has 8 atom stereocenters. The van der Waals surface area contributed by atoms with Crippen molar-refractivity contribution in [3.63, 3.8) is 0 Å². The van der Waals surface area contributed by atoms with E-state index in [9.17, 15) is 35.1 Å². The van der Waals surface area contributed by atoms with Gasteiger partial charge in [-0.15, -0.1) is 0 Å². The number of nitrogens with one attached hydrogen (secondary N) is 1. The number of ether oxygens (including phenoxy) is 3. The van der Waals surface area contributed by atoms with Gasteiger partial charge in [-0.3, -0.25) is 9.59 Å². The smallest absolute Gasteiger partial charge is 0.306 e. The first-order valence-corrected chi connectivity index (χ1v) is 32.7. The molecule has 1 fully saturated rings. The summed E-state index contributed by atoms with van der Waals surface area (Å²) in [6.07, 6.45) is 60.8.